The first-order valence-electron chi connectivity index (χ1n) is 9.53. The van der Waals surface area contributed by atoms with E-state index in [9.17, 15) is 4.79 Å². The Labute approximate surface area is 159 Å². The summed E-state index contributed by atoms with van der Waals surface area (Å²) < 4.78 is 0. The topological polar surface area (TPSA) is 41.1 Å². The Kier molecular flexibility index (Phi) is 3.75. The van der Waals surface area contributed by atoms with Gasteiger partial charge in [0, 0.05) is 13.0 Å². The molecule has 0 saturated carbocycles. The number of allylic oxidation sites excluding steroid dienone is 2. The number of fused-ring (bicyclic) bond motifs is 4. The number of carbonyl (C=O) groups excluding carboxylic acids is 1. The third-order valence-corrected chi connectivity index (χ3v) is 6.00. The van der Waals surface area contributed by atoms with Gasteiger partial charge in [0.15, 0.2) is 0 Å². The summed E-state index contributed by atoms with van der Waals surface area (Å²) >= 11 is 0. The Bertz CT molecular complexity index is 1070. The van der Waals surface area contributed by atoms with Crippen LogP contribution in [0, 0.1) is 5.92 Å². The highest BCUT2D eigenvalue weighted by Gasteiger charge is 2.39. The van der Waals surface area contributed by atoms with Gasteiger partial charge in [0.05, 0.1) is 17.3 Å². The van der Waals surface area contributed by atoms with Crippen LogP contribution in [0.5, 0.6) is 0 Å². The number of rotatable bonds is 2. The molecule has 2 N–H and O–H groups in total. The number of para-hydroxylation sites is 1. The van der Waals surface area contributed by atoms with Crippen LogP contribution in [0.3, 0.4) is 0 Å². The smallest absolute Gasteiger partial charge is 0.253 e. The summed E-state index contributed by atoms with van der Waals surface area (Å²) in [6.07, 6.45) is 5.65. The number of hydrogen-bond donors (Lipinski definition) is 2. The third-order valence-electron chi connectivity index (χ3n) is 6.00. The molecule has 1 aliphatic carbocycles. The van der Waals surface area contributed by atoms with Gasteiger partial charge in [0.2, 0.25) is 0 Å². The Morgan fingerprint density at radius 1 is 1.04 bits per heavy atom. The summed E-state index contributed by atoms with van der Waals surface area (Å²) in [4.78, 5) is 12.4. The molecule has 3 aromatic carbocycles. The molecule has 0 saturated heterocycles. The van der Waals surface area contributed by atoms with E-state index < -0.39 is 0 Å². The number of nitrogens with one attached hydrogen (secondary N) is 2. The van der Waals surface area contributed by atoms with Gasteiger partial charge < -0.3 is 10.6 Å². The molecule has 134 valence electrons. The van der Waals surface area contributed by atoms with Gasteiger partial charge in [-0.05, 0) is 46.4 Å². The molecule has 3 atom stereocenters. The number of carbonyl (C=O) groups is 1. The second-order valence-corrected chi connectivity index (χ2v) is 7.43. The van der Waals surface area contributed by atoms with Crippen molar-refractivity contribution in [1.29, 1.82) is 0 Å². The van der Waals surface area contributed by atoms with E-state index in [0.717, 1.165) is 17.7 Å². The molecule has 3 nitrogen and oxygen atoms in total. The molecule has 0 spiro atoms. The molecule has 3 unspecified atom stereocenters. The quantitative estimate of drug-likeness (QED) is 0.634. The fraction of sp³-hybridized carbons (Fsp3) is 0.208. The van der Waals surface area contributed by atoms with E-state index in [-0.39, 0.29) is 11.9 Å². The lowest BCUT2D eigenvalue weighted by Crippen LogP contribution is -2.31. The molecule has 2 aliphatic rings. The standard InChI is InChI=1S/C24H22N2O/c1-25-24(27)21-11-5-10-20-18-8-4-9-19(18)22(26-23(20)21)17-13-12-15-6-2-3-7-16(15)14-17/h2-8,10-14,18-19,22,26H,9H2,1H3,(H,25,27). The van der Waals surface area contributed by atoms with Crippen molar-refractivity contribution >= 4 is 22.4 Å². The molecule has 5 rings (SSSR count). The minimum atomic E-state index is -0.0444. The van der Waals surface area contributed by atoms with E-state index in [0.29, 0.717) is 11.8 Å². The molecule has 27 heavy (non-hydrogen) atoms. The predicted octanol–water partition coefficient (Wildman–Crippen LogP) is 5.03. The number of hydrogen-bond acceptors (Lipinski definition) is 2. The zero-order valence-electron chi connectivity index (χ0n) is 15.3. The summed E-state index contributed by atoms with van der Waals surface area (Å²) in [6, 6.07) is 21.4. The Morgan fingerprint density at radius 2 is 1.89 bits per heavy atom. The van der Waals surface area contributed by atoms with Gasteiger partial charge in [0.1, 0.15) is 0 Å². The maximum atomic E-state index is 12.4. The van der Waals surface area contributed by atoms with E-state index in [2.05, 4.69) is 71.3 Å². The Morgan fingerprint density at radius 3 is 2.74 bits per heavy atom. The fourth-order valence-corrected chi connectivity index (χ4v) is 4.68. The number of anilines is 1. The monoisotopic (exact) mass is 354 g/mol. The van der Waals surface area contributed by atoms with E-state index in [4.69, 9.17) is 0 Å². The molecular formula is C24H22N2O. The molecular weight excluding hydrogens is 332 g/mol. The van der Waals surface area contributed by atoms with Crippen LogP contribution < -0.4 is 10.6 Å². The van der Waals surface area contributed by atoms with Crippen molar-refractivity contribution in [1.82, 2.24) is 5.32 Å². The van der Waals surface area contributed by atoms with Crippen molar-refractivity contribution in [3.8, 4) is 0 Å². The van der Waals surface area contributed by atoms with Gasteiger partial charge in [-0.2, -0.15) is 0 Å². The van der Waals surface area contributed by atoms with Crippen LogP contribution in [0.1, 0.15) is 39.9 Å². The molecule has 0 bridgehead atoms. The van der Waals surface area contributed by atoms with Crippen LogP contribution in [0.25, 0.3) is 10.8 Å². The average Bonchev–Trinajstić information content (AvgIpc) is 3.22. The molecule has 0 aromatic heterocycles. The molecule has 0 radical (unpaired) electrons. The number of benzene rings is 3. The lowest BCUT2D eigenvalue weighted by molar-refractivity contribution is 0.0963. The summed E-state index contributed by atoms with van der Waals surface area (Å²) in [5, 5.41) is 9.01. The first-order chi connectivity index (χ1) is 13.3. The van der Waals surface area contributed by atoms with Crippen LogP contribution in [0.4, 0.5) is 5.69 Å². The molecule has 1 heterocycles. The van der Waals surface area contributed by atoms with E-state index >= 15 is 0 Å². The highest BCUT2D eigenvalue weighted by molar-refractivity contribution is 6.00. The minimum Gasteiger partial charge on any atom is -0.377 e. The zero-order chi connectivity index (χ0) is 18.4. The van der Waals surface area contributed by atoms with Gasteiger partial charge in [-0.3, -0.25) is 4.79 Å². The normalized spacial score (nSPS) is 22.8. The van der Waals surface area contributed by atoms with E-state index in [1.807, 2.05) is 12.1 Å². The highest BCUT2D eigenvalue weighted by atomic mass is 16.1. The molecule has 3 heteroatoms. The largest absolute Gasteiger partial charge is 0.377 e. The van der Waals surface area contributed by atoms with Gasteiger partial charge in [-0.15, -0.1) is 0 Å². The maximum Gasteiger partial charge on any atom is 0.253 e. The first kappa shape index (κ1) is 16.1. The van der Waals surface area contributed by atoms with Gasteiger partial charge in [0.25, 0.3) is 5.91 Å². The SMILES string of the molecule is CNC(=O)c1cccc2c1NC(c1ccc3ccccc3c1)C1CC=CC21. The van der Waals surface area contributed by atoms with E-state index in [1.54, 1.807) is 7.05 Å². The zero-order valence-corrected chi connectivity index (χ0v) is 15.3. The summed E-state index contributed by atoms with van der Waals surface area (Å²) in [5.74, 6) is 0.776. The summed E-state index contributed by atoms with van der Waals surface area (Å²) in [6.45, 7) is 0. The van der Waals surface area contributed by atoms with Crippen molar-refractivity contribution in [2.24, 2.45) is 5.92 Å². The van der Waals surface area contributed by atoms with Crippen LogP contribution in [0.2, 0.25) is 0 Å². The van der Waals surface area contributed by atoms with Crippen molar-refractivity contribution in [3.63, 3.8) is 0 Å². The third kappa shape index (κ3) is 2.54. The summed E-state index contributed by atoms with van der Waals surface area (Å²) in [7, 11) is 1.68. The molecule has 0 fully saturated rings. The predicted molar refractivity (Wildman–Crippen MR) is 110 cm³/mol. The second kappa shape index (κ2) is 6.27. The van der Waals surface area contributed by atoms with Gasteiger partial charge in [-0.1, -0.05) is 60.7 Å². The van der Waals surface area contributed by atoms with Crippen LogP contribution in [-0.2, 0) is 0 Å². The van der Waals surface area contributed by atoms with Gasteiger partial charge in [-0.25, -0.2) is 0 Å². The molecule has 3 aromatic rings. The minimum absolute atomic E-state index is 0.0444. The first-order valence-corrected chi connectivity index (χ1v) is 9.53. The van der Waals surface area contributed by atoms with Crippen molar-refractivity contribution in [3.05, 3.63) is 89.5 Å². The second-order valence-electron chi connectivity index (χ2n) is 7.43. The highest BCUT2D eigenvalue weighted by Crippen LogP contribution is 2.50. The van der Waals surface area contributed by atoms with Crippen LogP contribution in [-0.4, -0.2) is 13.0 Å². The van der Waals surface area contributed by atoms with Crippen LogP contribution >= 0.6 is 0 Å². The number of amides is 1. The van der Waals surface area contributed by atoms with Crippen molar-refractivity contribution < 1.29 is 4.79 Å². The lowest BCUT2D eigenvalue weighted by atomic mass is 9.76. The summed E-state index contributed by atoms with van der Waals surface area (Å²) in [5.41, 5.74) is 4.21. The van der Waals surface area contributed by atoms with Crippen molar-refractivity contribution in [2.75, 3.05) is 12.4 Å². The molecule has 1 amide bonds. The molecule has 1 aliphatic heterocycles. The fourth-order valence-electron chi connectivity index (χ4n) is 4.68. The lowest BCUT2D eigenvalue weighted by Gasteiger charge is -2.38. The maximum absolute atomic E-state index is 12.4. The van der Waals surface area contributed by atoms with Gasteiger partial charge >= 0.3 is 0 Å². The average molecular weight is 354 g/mol. The Hall–Kier alpha value is -3.07. The van der Waals surface area contributed by atoms with E-state index in [1.165, 1.54) is 21.9 Å². The van der Waals surface area contributed by atoms with Crippen molar-refractivity contribution in [2.45, 2.75) is 18.4 Å². The van der Waals surface area contributed by atoms with Crippen LogP contribution in [0.15, 0.2) is 72.8 Å². The Balaban J connectivity index is 1.64.